The predicted octanol–water partition coefficient (Wildman–Crippen LogP) is 0.578. The number of hydrogen-bond acceptors (Lipinski definition) is 6. The molecule has 0 radical (unpaired) electrons. The van der Waals surface area contributed by atoms with Crippen LogP contribution in [0.5, 0.6) is 5.75 Å². The van der Waals surface area contributed by atoms with Crippen LogP contribution in [0.25, 0.3) is 0 Å². The van der Waals surface area contributed by atoms with Gasteiger partial charge in [-0.2, -0.15) is 0 Å². The maximum absolute atomic E-state index is 12.6. The molecule has 1 aliphatic rings. The van der Waals surface area contributed by atoms with Gasteiger partial charge >= 0.3 is 5.97 Å². The largest absolute Gasteiger partial charge is 0.497 e. The van der Waals surface area contributed by atoms with Crippen LogP contribution in [0.15, 0.2) is 36.4 Å². The van der Waals surface area contributed by atoms with Crippen LogP contribution in [0.2, 0.25) is 0 Å². The van der Waals surface area contributed by atoms with E-state index >= 15 is 0 Å². The van der Waals surface area contributed by atoms with Gasteiger partial charge in [-0.3, -0.25) is 9.59 Å². The molecule has 2 rings (SSSR count). The molecule has 0 saturated carbocycles. The summed E-state index contributed by atoms with van der Waals surface area (Å²) in [6, 6.07) is 4.43. The smallest absolute Gasteiger partial charge is 0.333 e. The van der Waals surface area contributed by atoms with Crippen LogP contribution in [-0.2, 0) is 36.8 Å². The Morgan fingerprint density at radius 3 is 2.39 bits per heavy atom. The van der Waals surface area contributed by atoms with Gasteiger partial charge in [-0.15, -0.1) is 0 Å². The summed E-state index contributed by atoms with van der Waals surface area (Å²) in [5, 5.41) is 1.04. The Kier molecular flexibility index (Phi) is 6.92. The van der Waals surface area contributed by atoms with E-state index in [0.29, 0.717) is 11.3 Å². The number of esters is 1. The first-order valence-corrected chi connectivity index (χ1v) is 9.48. The Morgan fingerprint density at radius 2 is 1.93 bits per heavy atom. The molecule has 10 heteroatoms. The van der Waals surface area contributed by atoms with E-state index in [0.717, 1.165) is 4.90 Å². The highest BCUT2D eigenvalue weighted by molar-refractivity contribution is 7.80. The third-order valence-electron chi connectivity index (χ3n) is 4.15. The zero-order chi connectivity index (χ0) is 21.0. The van der Waals surface area contributed by atoms with Crippen LogP contribution < -0.4 is 10.1 Å². The first-order valence-electron chi connectivity index (χ1n) is 8.31. The van der Waals surface area contributed by atoms with Crippen molar-refractivity contribution in [3.63, 3.8) is 0 Å². The van der Waals surface area contributed by atoms with Crippen molar-refractivity contribution in [3.05, 3.63) is 42.0 Å². The van der Waals surface area contributed by atoms with Gasteiger partial charge in [0, 0.05) is 6.92 Å². The molecule has 1 aromatic rings. The number of likely N-dealkylation sites (tertiary alicyclic amines) is 1. The predicted molar refractivity (Wildman–Crippen MR) is 100 cm³/mol. The minimum Gasteiger partial charge on any atom is -0.497 e. The second-order valence-electron chi connectivity index (χ2n) is 6.30. The van der Waals surface area contributed by atoms with Crippen LogP contribution in [0.4, 0.5) is 0 Å². The van der Waals surface area contributed by atoms with E-state index in [1.54, 1.807) is 24.3 Å². The van der Waals surface area contributed by atoms with Gasteiger partial charge in [-0.25, -0.2) is 9.00 Å². The van der Waals surface area contributed by atoms with Gasteiger partial charge < -0.3 is 24.2 Å². The summed E-state index contributed by atoms with van der Waals surface area (Å²) < 4.78 is 31.6. The number of nitrogens with zero attached hydrogens (tertiary/aromatic N) is 1. The van der Waals surface area contributed by atoms with Crippen molar-refractivity contribution in [3.8, 4) is 5.75 Å². The number of amides is 2. The lowest BCUT2D eigenvalue weighted by atomic mass is 9.99. The highest BCUT2D eigenvalue weighted by Crippen LogP contribution is 2.29. The van der Waals surface area contributed by atoms with Crippen LogP contribution >= 0.6 is 0 Å². The SMILES string of the molecule is C=C(C)C(C(=O)OCc1ccc(OC)cc1)N1C(=O)C(NC(C)=O)C1S(=O)O. The van der Waals surface area contributed by atoms with Crippen molar-refractivity contribution >= 4 is 28.9 Å². The number of carbonyl (C=O) groups excluding carboxylic acids is 3. The molecule has 2 N–H and O–H groups in total. The van der Waals surface area contributed by atoms with E-state index in [-0.39, 0.29) is 12.2 Å². The monoisotopic (exact) mass is 410 g/mol. The van der Waals surface area contributed by atoms with Gasteiger partial charge in [-0.05, 0) is 30.2 Å². The third-order valence-corrected chi connectivity index (χ3v) is 5.07. The fourth-order valence-corrected chi connectivity index (χ4v) is 3.67. The lowest BCUT2D eigenvalue weighted by Gasteiger charge is -2.47. The van der Waals surface area contributed by atoms with Gasteiger partial charge in [0.15, 0.2) is 22.5 Å². The van der Waals surface area contributed by atoms with Crippen LogP contribution in [-0.4, -0.2) is 56.0 Å². The molecule has 1 heterocycles. The van der Waals surface area contributed by atoms with Crippen LogP contribution in [0.3, 0.4) is 0 Å². The molecule has 4 unspecified atom stereocenters. The summed E-state index contributed by atoms with van der Waals surface area (Å²) in [6.07, 6.45) is 0. The fraction of sp³-hybridized carbons (Fsp3) is 0.389. The van der Waals surface area contributed by atoms with Gasteiger partial charge in [0.05, 0.1) is 7.11 Å². The van der Waals surface area contributed by atoms with Gasteiger partial charge in [0.1, 0.15) is 18.4 Å². The minimum absolute atomic E-state index is 0.0589. The van der Waals surface area contributed by atoms with Gasteiger partial charge in [-0.1, -0.05) is 18.7 Å². The molecule has 9 nitrogen and oxygen atoms in total. The summed E-state index contributed by atoms with van der Waals surface area (Å²) in [7, 11) is 1.53. The Hall–Kier alpha value is -2.72. The molecule has 28 heavy (non-hydrogen) atoms. The quantitative estimate of drug-likeness (QED) is 0.278. The Balaban J connectivity index is 2.13. The number of hydrogen-bond donors (Lipinski definition) is 2. The van der Waals surface area contributed by atoms with E-state index in [1.165, 1.54) is 21.0 Å². The number of carbonyl (C=O) groups is 3. The standard InChI is InChI=1S/C18H22N2O7S/c1-10(2)15(18(23)27-9-12-5-7-13(26-4)8-6-12)20-16(22)14(19-11(3)21)17(20)28(24)25/h5-8,14-15,17H,1,9H2,2-4H3,(H,19,21)(H,24,25). The van der Waals surface area contributed by atoms with Gasteiger partial charge in [0.2, 0.25) is 5.91 Å². The normalized spacial score (nSPS) is 20.6. The lowest BCUT2D eigenvalue weighted by Crippen LogP contribution is -2.75. The summed E-state index contributed by atoms with van der Waals surface area (Å²) in [4.78, 5) is 37.2. The number of rotatable bonds is 8. The van der Waals surface area contributed by atoms with E-state index in [9.17, 15) is 23.1 Å². The molecule has 1 aliphatic heterocycles. The van der Waals surface area contributed by atoms with E-state index in [4.69, 9.17) is 9.47 Å². The minimum atomic E-state index is -2.49. The summed E-state index contributed by atoms with van der Waals surface area (Å²) >= 11 is -2.49. The molecule has 1 aromatic carbocycles. The molecule has 1 fully saturated rings. The molecule has 152 valence electrons. The zero-order valence-electron chi connectivity index (χ0n) is 15.7. The molecular formula is C18H22N2O7S. The Morgan fingerprint density at radius 1 is 1.32 bits per heavy atom. The van der Waals surface area contributed by atoms with Gasteiger partial charge in [0.25, 0.3) is 5.91 Å². The molecule has 1 saturated heterocycles. The maximum atomic E-state index is 12.6. The molecule has 0 spiro atoms. The van der Waals surface area contributed by atoms with Crippen LogP contribution in [0, 0.1) is 0 Å². The second-order valence-corrected chi connectivity index (χ2v) is 7.33. The van der Waals surface area contributed by atoms with Crippen molar-refractivity contribution in [1.29, 1.82) is 0 Å². The first-order chi connectivity index (χ1) is 13.2. The van der Waals surface area contributed by atoms with Crippen molar-refractivity contribution in [2.45, 2.75) is 37.9 Å². The zero-order valence-corrected chi connectivity index (χ0v) is 16.5. The van der Waals surface area contributed by atoms with E-state index in [1.807, 2.05) is 0 Å². The van der Waals surface area contributed by atoms with Crippen LogP contribution in [0.1, 0.15) is 19.4 Å². The molecule has 0 aliphatic carbocycles. The molecule has 0 aromatic heterocycles. The highest BCUT2D eigenvalue weighted by Gasteiger charge is 2.56. The molecule has 4 atom stereocenters. The lowest BCUT2D eigenvalue weighted by molar-refractivity contribution is -0.164. The molecule has 0 bridgehead atoms. The third kappa shape index (κ3) is 4.57. The summed E-state index contributed by atoms with van der Waals surface area (Å²) in [5.74, 6) is -1.31. The number of nitrogens with one attached hydrogen (secondary N) is 1. The average Bonchev–Trinajstić information content (AvgIpc) is 2.64. The Bertz CT molecular complexity index is 809. The molecular weight excluding hydrogens is 388 g/mol. The number of methoxy groups -OCH3 is 1. The Labute approximate surface area is 165 Å². The molecule has 2 amide bonds. The maximum Gasteiger partial charge on any atom is 0.333 e. The topological polar surface area (TPSA) is 122 Å². The number of β-lactam (4-membered cyclic amide) rings is 1. The first kappa shape index (κ1) is 21.6. The fourth-order valence-electron chi connectivity index (χ4n) is 2.83. The summed E-state index contributed by atoms with van der Waals surface area (Å²) in [5.41, 5.74) is 0.966. The average molecular weight is 410 g/mol. The summed E-state index contributed by atoms with van der Waals surface area (Å²) in [6.45, 7) is 6.33. The van der Waals surface area contributed by atoms with Crippen molar-refractivity contribution in [1.82, 2.24) is 10.2 Å². The highest BCUT2D eigenvalue weighted by atomic mass is 32.2. The van der Waals surface area contributed by atoms with Crippen molar-refractivity contribution in [2.75, 3.05) is 7.11 Å². The number of ether oxygens (including phenoxy) is 2. The van der Waals surface area contributed by atoms with Crippen molar-refractivity contribution in [2.24, 2.45) is 0 Å². The van der Waals surface area contributed by atoms with Crippen molar-refractivity contribution < 1.29 is 32.6 Å². The number of benzene rings is 1. The van der Waals surface area contributed by atoms with E-state index in [2.05, 4.69) is 11.9 Å². The second kappa shape index (κ2) is 8.98. The van der Waals surface area contributed by atoms with E-state index < -0.39 is 46.3 Å².